The van der Waals surface area contributed by atoms with Crippen LogP contribution in [-0.2, 0) is 0 Å². The van der Waals surface area contributed by atoms with E-state index in [1.165, 1.54) is 17.2 Å². The number of pyridine rings is 1. The lowest BCUT2D eigenvalue weighted by molar-refractivity contribution is 0.0952. The maximum atomic E-state index is 12.6. The lowest BCUT2D eigenvalue weighted by atomic mass is 10.1. The van der Waals surface area contributed by atoms with Crippen LogP contribution in [0.1, 0.15) is 41.1 Å². The summed E-state index contributed by atoms with van der Waals surface area (Å²) < 4.78 is 0. The number of carbonyl (C=O) groups is 2. The van der Waals surface area contributed by atoms with Gasteiger partial charge in [-0.3, -0.25) is 14.6 Å². The van der Waals surface area contributed by atoms with Crippen molar-refractivity contribution < 1.29 is 9.59 Å². The zero-order valence-corrected chi connectivity index (χ0v) is 14.3. The smallest absolute Gasteiger partial charge is 0.276 e. The molecule has 1 heterocycles. The Hall–Kier alpha value is -2.69. The van der Waals surface area contributed by atoms with Crippen molar-refractivity contribution in [2.24, 2.45) is 5.92 Å². The van der Waals surface area contributed by atoms with Crippen LogP contribution in [-0.4, -0.2) is 30.4 Å². The lowest BCUT2D eigenvalue weighted by Gasteiger charge is -2.17. The molecule has 126 valence electrons. The van der Waals surface area contributed by atoms with Crippen molar-refractivity contribution in [3.8, 4) is 0 Å². The van der Waals surface area contributed by atoms with Gasteiger partial charge in [-0.15, -0.1) is 0 Å². The molecule has 0 aliphatic carbocycles. The fraction of sp³-hybridized carbons (Fsp3) is 0.316. The standard InChI is InChI=1S/C19H23N3O2/c1-14(2)9-11-21-18(23)15-10-12-20-17(13-15)19(24)22(3)16-7-5-4-6-8-16/h4-8,10,12-14H,9,11H2,1-3H3,(H,21,23). The van der Waals surface area contributed by atoms with E-state index in [-0.39, 0.29) is 17.5 Å². The van der Waals surface area contributed by atoms with Gasteiger partial charge in [0.1, 0.15) is 5.69 Å². The Bertz CT molecular complexity index is 699. The number of aromatic nitrogens is 1. The van der Waals surface area contributed by atoms with Crippen LogP contribution >= 0.6 is 0 Å². The number of benzene rings is 1. The van der Waals surface area contributed by atoms with Gasteiger partial charge in [-0.2, -0.15) is 0 Å². The number of para-hydroxylation sites is 1. The number of hydrogen-bond acceptors (Lipinski definition) is 3. The molecule has 0 spiro atoms. The highest BCUT2D eigenvalue weighted by Crippen LogP contribution is 2.14. The number of anilines is 1. The molecule has 0 radical (unpaired) electrons. The minimum Gasteiger partial charge on any atom is -0.352 e. The van der Waals surface area contributed by atoms with Crippen molar-refractivity contribution in [2.45, 2.75) is 20.3 Å². The summed E-state index contributed by atoms with van der Waals surface area (Å²) in [6, 6.07) is 12.5. The summed E-state index contributed by atoms with van der Waals surface area (Å²) in [4.78, 5) is 30.4. The molecule has 0 atom stereocenters. The molecule has 0 fully saturated rings. The van der Waals surface area contributed by atoms with Gasteiger partial charge in [-0.25, -0.2) is 0 Å². The van der Waals surface area contributed by atoms with Crippen LogP contribution in [0.5, 0.6) is 0 Å². The molecule has 0 aliphatic rings. The molecule has 1 N–H and O–H groups in total. The third-order valence-electron chi connectivity index (χ3n) is 3.70. The second kappa shape index (κ2) is 8.24. The quantitative estimate of drug-likeness (QED) is 0.887. The van der Waals surface area contributed by atoms with Gasteiger partial charge in [0, 0.05) is 31.0 Å². The summed E-state index contributed by atoms with van der Waals surface area (Å²) in [5.41, 5.74) is 1.47. The molecule has 2 rings (SSSR count). The Labute approximate surface area is 142 Å². The first-order valence-electron chi connectivity index (χ1n) is 8.06. The minimum absolute atomic E-state index is 0.186. The number of rotatable bonds is 6. The lowest BCUT2D eigenvalue weighted by Crippen LogP contribution is -2.28. The van der Waals surface area contributed by atoms with E-state index in [2.05, 4.69) is 24.1 Å². The van der Waals surface area contributed by atoms with E-state index in [0.717, 1.165) is 12.1 Å². The van der Waals surface area contributed by atoms with E-state index in [9.17, 15) is 9.59 Å². The van der Waals surface area contributed by atoms with Crippen LogP contribution in [0, 0.1) is 5.92 Å². The fourth-order valence-electron chi connectivity index (χ4n) is 2.21. The Morgan fingerprint density at radius 2 is 1.88 bits per heavy atom. The molecule has 0 aliphatic heterocycles. The van der Waals surface area contributed by atoms with Gasteiger partial charge >= 0.3 is 0 Å². The number of hydrogen-bond donors (Lipinski definition) is 1. The van der Waals surface area contributed by atoms with Crippen LogP contribution < -0.4 is 10.2 Å². The summed E-state index contributed by atoms with van der Waals surface area (Å²) in [5, 5.41) is 2.87. The molecule has 1 aromatic carbocycles. The molecule has 0 saturated heterocycles. The van der Waals surface area contributed by atoms with Crippen molar-refractivity contribution in [1.82, 2.24) is 10.3 Å². The van der Waals surface area contributed by atoms with Gasteiger partial charge in [-0.1, -0.05) is 32.0 Å². The normalized spacial score (nSPS) is 10.5. The summed E-state index contributed by atoms with van der Waals surface area (Å²) in [7, 11) is 1.69. The number of carbonyl (C=O) groups excluding carboxylic acids is 2. The third kappa shape index (κ3) is 4.65. The average molecular weight is 325 g/mol. The molecule has 5 heteroatoms. The summed E-state index contributed by atoms with van der Waals surface area (Å²) in [5.74, 6) is 0.0897. The highest BCUT2D eigenvalue weighted by molar-refractivity contribution is 6.06. The molecule has 0 bridgehead atoms. The van der Waals surface area contributed by atoms with E-state index >= 15 is 0 Å². The number of nitrogens with one attached hydrogen (secondary N) is 1. The van der Waals surface area contributed by atoms with Gasteiger partial charge in [0.05, 0.1) is 0 Å². The molecular weight excluding hydrogens is 302 g/mol. The predicted molar refractivity (Wildman–Crippen MR) is 95.2 cm³/mol. The van der Waals surface area contributed by atoms with Crippen molar-refractivity contribution in [2.75, 3.05) is 18.5 Å². The van der Waals surface area contributed by atoms with Gasteiger partial charge in [0.15, 0.2) is 0 Å². The molecule has 2 amide bonds. The van der Waals surface area contributed by atoms with Gasteiger partial charge in [0.25, 0.3) is 11.8 Å². The van der Waals surface area contributed by atoms with Gasteiger partial charge in [0.2, 0.25) is 0 Å². The minimum atomic E-state index is -0.252. The second-order valence-electron chi connectivity index (χ2n) is 6.07. The zero-order valence-electron chi connectivity index (χ0n) is 14.3. The van der Waals surface area contributed by atoms with Crippen LogP contribution in [0.3, 0.4) is 0 Å². The molecule has 24 heavy (non-hydrogen) atoms. The Balaban J connectivity index is 2.09. The topological polar surface area (TPSA) is 62.3 Å². The maximum absolute atomic E-state index is 12.6. The predicted octanol–water partition coefficient (Wildman–Crippen LogP) is 3.13. The SMILES string of the molecule is CC(C)CCNC(=O)c1ccnc(C(=O)N(C)c2ccccc2)c1. The fourth-order valence-corrected chi connectivity index (χ4v) is 2.21. The van der Waals surface area contributed by atoms with Crippen molar-refractivity contribution in [1.29, 1.82) is 0 Å². The van der Waals surface area contributed by atoms with Gasteiger partial charge in [-0.05, 0) is 36.6 Å². The van der Waals surface area contributed by atoms with Crippen LogP contribution in [0.4, 0.5) is 5.69 Å². The molecule has 0 unspecified atom stereocenters. The summed E-state index contributed by atoms with van der Waals surface area (Å²) >= 11 is 0. The Morgan fingerprint density at radius 1 is 1.17 bits per heavy atom. The Kier molecular flexibility index (Phi) is 6.07. The largest absolute Gasteiger partial charge is 0.352 e. The van der Waals surface area contributed by atoms with E-state index in [0.29, 0.717) is 18.0 Å². The first kappa shape index (κ1) is 17.7. The molecule has 1 aromatic heterocycles. The van der Waals surface area contributed by atoms with Crippen molar-refractivity contribution in [3.05, 3.63) is 59.9 Å². The van der Waals surface area contributed by atoms with E-state index in [4.69, 9.17) is 0 Å². The first-order valence-corrected chi connectivity index (χ1v) is 8.06. The average Bonchev–Trinajstić information content (AvgIpc) is 2.61. The van der Waals surface area contributed by atoms with Crippen LogP contribution in [0.15, 0.2) is 48.7 Å². The molecule has 2 aromatic rings. The molecular formula is C19H23N3O2. The summed E-state index contributed by atoms with van der Waals surface area (Å²) in [6.45, 7) is 4.83. The van der Waals surface area contributed by atoms with Crippen molar-refractivity contribution >= 4 is 17.5 Å². The molecule has 5 nitrogen and oxygen atoms in total. The first-order chi connectivity index (χ1) is 11.5. The van der Waals surface area contributed by atoms with E-state index < -0.39 is 0 Å². The summed E-state index contributed by atoms with van der Waals surface area (Å²) in [6.07, 6.45) is 2.41. The highest BCUT2D eigenvalue weighted by atomic mass is 16.2. The van der Waals surface area contributed by atoms with E-state index in [1.807, 2.05) is 30.3 Å². The highest BCUT2D eigenvalue weighted by Gasteiger charge is 2.16. The number of nitrogens with zero attached hydrogens (tertiary/aromatic N) is 2. The van der Waals surface area contributed by atoms with Crippen LogP contribution in [0.2, 0.25) is 0 Å². The van der Waals surface area contributed by atoms with E-state index in [1.54, 1.807) is 13.1 Å². The molecule has 0 saturated carbocycles. The monoisotopic (exact) mass is 325 g/mol. The maximum Gasteiger partial charge on any atom is 0.276 e. The Morgan fingerprint density at radius 3 is 2.54 bits per heavy atom. The van der Waals surface area contributed by atoms with Crippen molar-refractivity contribution in [3.63, 3.8) is 0 Å². The number of amides is 2. The van der Waals surface area contributed by atoms with Crippen LogP contribution in [0.25, 0.3) is 0 Å². The second-order valence-corrected chi connectivity index (χ2v) is 6.07. The zero-order chi connectivity index (χ0) is 17.5. The van der Waals surface area contributed by atoms with Gasteiger partial charge < -0.3 is 10.2 Å². The third-order valence-corrected chi connectivity index (χ3v) is 3.70.